The van der Waals surface area contributed by atoms with Crippen LogP contribution in [0.15, 0.2) is 49.1 Å². The molecule has 4 rings (SSSR count). The highest BCUT2D eigenvalue weighted by Gasteiger charge is 2.27. The number of amides is 2. The van der Waals surface area contributed by atoms with Crippen LogP contribution >= 0.6 is 11.6 Å². The maximum Gasteiger partial charge on any atom is 0.315 e. The molecule has 3 aromatic rings. The molecule has 1 aliphatic carbocycles. The Hall–Kier alpha value is -3.12. The molecule has 0 spiro atoms. The quantitative estimate of drug-likeness (QED) is 0.687. The minimum atomic E-state index is -0.405. The number of rotatable bonds is 4. The first-order valence-electron chi connectivity index (χ1n) is 9.51. The topological polar surface area (TPSA) is 71.8 Å². The van der Waals surface area contributed by atoms with Gasteiger partial charge in [0.1, 0.15) is 0 Å². The molecule has 2 aromatic heterocycles. The van der Waals surface area contributed by atoms with Crippen molar-refractivity contribution in [2.75, 3.05) is 6.54 Å². The smallest absolute Gasteiger partial charge is 0.315 e. The molecule has 1 aliphatic rings. The number of aromatic nitrogens is 3. The van der Waals surface area contributed by atoms with Crippen molar-refractivity contribution >= 4 is 29.3 Å². The van der Waals surface area contributed by atoms with Crippen LogP contribution in [-0.4, -0.2) is 27.1 Å². The van der Waals surface area contributed by atoms with E-state index in [0.29, 0.717) is 18.0 Å². The molecule has 1 aromatic carbocycles. The molecule has 7 heteroatoms. The highest BCUT2D eigenvalue weighted by atomic mass is 35.5. The predicted octanol–water partition coefficient (Wildman–Crippen LogP) is 3.97. The van der Waals surface area contributed by atoms with E-state index in [-0.39, 0.29) is 6.03 Å². The van der Waals surface area contributed by atoms with Gasteiger partial charge in [-0.25, -0.2) is 9.78 Å². The third kappa shape index (κ3) is 3.89. The molecule has 0 saturated carbocycles. The molecule has 148 valence electrons. The fourth-order valence-corrected chi connectivity index (χ4v) is 3.84. The van der Waals surface area contributed by atoms with Crippen molar-refractivity contribution in [2.24, 2.45) is 7.05 Å². The van der Waals surface area contributed by atoms with E-state index in [0.717, 1.165) is 33.7 Å². The lowest BCUT2D eigenvalue weighted by atomic mass is 9.92. The number of carbonyl (C=O) groups excluding carboxylic acids is 1. The lowest BCUT2D eigenvalue weighted by Gasteiger charge is -2.24. The van der Waals surface area contributed by atoms with Crippen molar-refractivity contribution in [3.05, 3.63) is 82.2 Å². The summed E-state index contributed by atoms with van der Waals surface area (Å²) >= 11 is 6.36. The van der Waals surface area contributed by atoms with Gasteiger partial charge in [0.15, 0.2) is 0 Å². The van der Waals surface area contributed by atoms with Crippen molar-refractivity contribution in [2.45, 2.75) is 19.4 Å². The molecule has 0 aliphatic heterocycles. The zero-order valence-corrected chi connectivity index (χ0v) is 17.1. The molecule has 2 heterocycles. The average Bonchev–Trinajstić information content (AvgIpc) is 3.05. The van der Waals surface area contributed by atoms with Crippen LogP contribution in [0.3, 0.4) is 0 Å². The number of halogens is 1. The SMILES string of the molecule is CCNC(=O)NC(C1=Cc2cccnc2Cc2ccc(Cl)cc21)c1cncn1C. The zero-order valence-electron chi connectivity index (χ0n) is 16.3. The third-order valence-electron chi connectivity index (χ3n) is 5.05. The maximum atomic E-state index is 12.5. The lowest BCUT2D eigenvalue weighted by molar-refractivity contribution is 0.239. The van der Waals surface area contributed by atoms with E-state index in [4.69, 9.17) is 11.6 Å². The third-order valence-corrected chi connectivity index (χ3v) is 5.29. The largest absolute Gasteiger partial charge is 0.338 e. The number of pyridine rings is 1. The summed E-state index contributed by atoms with van der Waals surface area (Å²) in [7, 11) is 1.92. The molecule has 2 amide bonds. The number of imidazole rings is 1. The van der Waals surface area contributed by atoms with E-state index in [1.165, 1.54) is 0 Å². The molecule has 1 atom stereocenters. The van der Waals surface area contributed by atoms with Gasteiger partial charge in [-0.1, -0.05) is 23.7 Å². The summed E-state index contributed by atoms with van der Waals surface area (Å²) in [4.78, 5) is 21.3. The zero-order chi connectivity index (χ0) is 20.4. The summed E-state index contributed by atoms with van der Waals surface area (Å²) in [5.41, 5.74) is 5.96. The Labute approximate surface area is 174 Å². The highest BCUT2D eigenvalue weighted by Crippen LogP contribution is 2.38. The Morgan fingerprint density at radius 2 is 2.21 bits per heavy atom. The van der Waals surface area contributed by atoms with E-state index in [1.54, 1.807) is 18.7 Å². The van der Waals surface area contributed by atoms with Gasteiger partial charge in [0.2, 0.25) is 0 Å². The van der Waals surface area contributed by atoms with Crippen molar-refractivity contribution in [1.29, 1.82) is 0 Å². The molecular weight excluding hydrogens is 386 g/mol. The van der Waals surface area contributed by atoms with Crippen LogP contribution in [0.25, 0.3) is 11.6 Å². The van der Waals surface area contributed by atoms with Gasteiger partial charge in [-0.15, -0.1) is 0 Å². The van der Waals surface area contributed by atoms with Crippen molar-refractivity contribution in [3.8, 4) is 0 Å². The van der Waals surface area contributed by atoms with Gasteiger partial charge in [-0.05, 0) is 53.5 Å². The number of benzene rings is 1. The second-order valence-electron chi connectivity index (χ2n) is 6.98. The fourth-order valence-electron chi connectivity index (χ4n) is 3.66. The van der Waals surface area contributed by atoms with Gasteiger partial charge in [-0.2, -0.15) is 0 Å². The minimum absolute atomic E-state index is 0.237. The van der Waals surface area contributed by atoms with E-state index in [9.17, 15) is 4.79 Å². The molecule has 1 unspecified atom stereocenters. The lowest BCUT2D eigenvalue weighted by Crippen LogP contribution is -2.38. The van der Waals surface area contributed by atoms with E-state index < -0.39 is 6.04 Å². The minimum Gasteiger partial charge on any atom is -0.338 e. The van der Waals surface area contributed by atoms with Crippen molar-refractivity contribution < 1.29 is 4.79 Å². The number of carbonyl (C=O) groups is 1. The Bertz CT molecular complexity index is 1090. The standard InChI is InChI=1S/C22H22ClN5O/c1-3-25-22(29)27-21(20-12-24-13-28(20)2)18-9-15-5-4-8-26-19(15)10-14-6-7-16(23)11-17(14)18/h4-9,11-13,21H,3,10H2,1-2H3,(H2,25,27,29). The predicted molar refractivity (Wildman–Crippen MR) is 115 cm³/mol. The van der Waals surface area contributed by atoms with Crippen molar-refractivity contribution in [3.63, 3.8) is 0 Å². The van der Waals surface area contributed by atoms with E-state index in [2.05, 4.69) is 26.7 Å². The Kier molecular flexibility index (Phi) is 5.36. The number of fused-ring (bicyclic) bond motifs is 2. The number of urea groups is 1. The van der Waals surface area contributed by atoms with Gasteiger partial charge < -0.3 is 15.2 Å². The molecule has 0 fully saturated rings. The molecule has 6 nitrogen and oxygen atoms in total. The summed E-state index contributed by atoms with van der Waals surface area (Å²) in [6.07, 6.45) is 8.10. The van der Waals surface area contributed by atoms with Crippen LogP contribution in [0.4, 0.5) is 4.79 Å². The maximum absolute atomic E-state index is 12.5. The molecular formula is C22H22ClN5O. The Morgan fingerprint density at radius 1 is 1.34 bits per heavy atom. The summed E-state index contributed by atoms with van der Waals surface area (Å²) in [6.45, 7) is 2.43. The summed E-state index contributed by atoms with van der Waals surface area (Å²) in [5.74, 6) is 0. The van der Waals surface area contributed by atoms with Gasteiger partial charge >= 0.3 is 6.03 Å². The number of nitrogens with zero attached hydrogens (tertiary/aromatic N) is 3. The number of hydrogen-bond acceptors (Lipinski definition) is 3. The summed E-state index contributed by atoms with van der Waals surface area (Å²) in [5, 5.41) is 6.58. The molecule has 2 N–H and O–H groups in total. The van der Waals surface area contributed by atoms with Crippen LogP contribution in [-0.2, 0) is 13.5 Å². The first-order chi connectivity index (χ1) is 14.1. The monoisotopic (exact) mass is 407 g/mol. The van der Waals surface area contributed by atoms with Gasteiger partial charge in [0, 0.05) is 31.2 Å². The number of aryl methyl sites for hydroxylation is 1. The van der Waals surface area contributed by atoms with Gasteiger partial charge in [0.05, 0.1) is 30.0 Å². The first kappa shape index (κ1) is 19.2. The average molecular weight is 408 g/mol. The highest BCUT2D eigenvalue weighted by molar-refractivity contribution is 6.30. The second kappa shape index (κ2) is 8.09. The Morgan fingerprint density at radius 3 is 2.97 bits per heavy atom. The fraction of sp³-hybridized carbons (Fsp3) is 0.227. The van der Waals surface area contributed by atoms with Crippen LogP contribution < -0.4 is 10.6 Å². The molecule has 0 bridgehead atoms. The van der Waals surface area contributed by atoms with Crippen LogP contribution in [0.2, 0.25) is 5.02 Å². The van der Waals surface area contributed by atoms with E-state index >= 15 is 0 Å². The normalized spacial score (nSPS) is 13.6. The van der Waals surface area contributed by atoms with Gasteiger partial charge in [-0.3, -0.25) is 4.98 Å². The Balaban J connectivity index is 1.92. The summed E-state index contributed by atoms with van der Waals surface area (Å²) in [6, 6.07) is 9.20. The molecule has 0 radical (unpaired) electrons. The summed E-state index contributed by atoms with van der Waals surface area (Å²) < 4.78 is 1.91. The van der Waals surface area contributed by atoms with E-state index in [1.807, 2.05) is 48.9 Å². The second-order valence-corrected chi connectivity index (χ2v) is 7.42. The van der Waals surface area contributed by atoms with Gasteiger partial charge in [0.25, 0.3) is 0 Å². The van der Waals surface area contributed by atoms with Crippen LogP contribution in [0.1, 0.15) is 41.0 Å². The molecule has 29 heavy (non-hydrogen) atoms. The first-order valence-corrected chi connectivity index (χ1v) is 9.89. The number of hydrogen-bond donors (Lipinski definition) is 2. The van der Waals surface area contributed by atoms with Crippen molar-refractivity contribution in [1.82, 2.24) is 25.2 Å². The van der Waals surface area contributed by atoms with Crippen LogP contribution in [0.5, 0.6) is 0 Å². The number of nitrogens with one attached hydrogen (secondary N) is 2. The van der Waals surface area contributed by atoms with Crippen LogP contribution in [0, 0.1) is 0 Å². The molecule has 0 saturated heterocycles.